The number of rotatable bonds is 9. The number of amides is 2. The number of nitrogens with two attached hydrogens (primary N) is 1. The van der Waals surface area contributed by atoms with E-state index in [4.69, 9.17) is 10.5 Å². The van der Waals surface area contributed by atoms with Gasteiger partial charge in [-0.25, -0.2) is 0 Å². The monoisotopic (exact) mass is 448 g/mol. The van der Waals surface area contributed by atoms with Crippen molar-refractivity contribution in [3.8, 4) is 5.75 Å². The normalized spacial score (nSPS) is 15.6. The van der Waals surface area contributed by atoms with E-state index in [0.29, 0.717) is 6.54 Å². The Kier molecular flexibility index (Phi) is 12.9. The summed E-state index contributed by atoms with van der Waals surface area (Å²) in [5, 5.41) is 5.55. The second-order valence-electron chi connectivity index (χ2n) is 7.29. The fourth-order valence-corrected chi connectivity index (χ4v) is 3.29. The SMILES string of the molecule is COc1ccccc1C(CNC(=O)CNC(=O)[C@@H](N)C(C)C)N1CCCC1.Cl.Cl. The van der Waals surface area contributed by atoms with Gasteiger partial charge in [-0.15, -0.1) is 24.8 Å². The third-order valence-corrected chi connectivity index (χ3v) is 5.02. The fraction of sp³-hybridized carbons (Fsp3) is 0.600. The Balaban J connectivity index is 0.00000392. The van der Waals surface area contributed by atoms with Gasteiger partial charge in [0.2, 0.25) is 11.8 Å². The summed E-state index contributed by atoms with van der Waals surface area (Å²) in [6.45, 7) is 6.14. The van der Waals surface area contributed by atoms with Crippen LogP contribution in [0, 0.1) is 5.92 Å². The van der Waals surface area contributed by atoms with Crippen molar-refractivity contribution in [2.45, 2.75) is 38.8 Å². The van der Waals surface area contributed by atoms with Crippen LogP contribution in [0.1, 0.15) is 38.3 Å². The predicted molar refractivity (Wildman–Crippen MR) is 120 cm³/mol. The molecule has 0 aromatic heterocycles. The summed E-state index contributed by atoms with van der Waals surface area (Å²) in [5.41, 5.74) is 6.86. The highest BCUT2D eigenvalue weighted by Crippen LogP contribution is 2.31. The molecule has 1 fully saturated rings. The Bertz CT molecular complexity index is 640. The van der Waals surface area contributed by atoms with Crippen molar-refractivity contribution in [1.29, 1.82) is 0 Å². The van der Waals surface area contributed by atoms with Gasteiger partial charge in [-0.2, -0.15) is 0 Å². The lowest BCUT2D eigenvalue weighted by Gasteiger charge is -2.29. The molecule has 2 rings (SSSR count). The highest BCUT2D eigenvalue weighted by atomic mass is 35.5. The Hall–Kier alpha value is -1.54. The van der Waals surface area contributed by atoms with Gasteiger partial charge in [-0.3, -0.25) is 14.5 Å². The molecule has 0 radical (unpaired) electrons. The van der Waals surface area contributed by atoms with E-state index in [1.165, 1.54) is 0 Å². The highest BCUT2D eigenvalue weighted by Gasteiger charge is 2.26. The number of methoxy groups -OCH3 is 1. The van der Waals surface area contributed by atoms with Gasteiger partial charge < -0.3 is 21.1 Å². The predicted octanol–water partition coefficient (Wildman–Crippen LogP) is 1.89. The van der Waals surface area contributed by atoms with Gasteiger partial charge >= 0.3 is 0 Å². The van der Waals surface area contributed by atoms with Crippen LogP contribution < -0.4 is 21.1 Å². The van der Waals surface area contributed by atoms with Gasteiger partial charge in [0.15, 0.2) is 0 Å². The van der Waals surface area contributed by atoms with Crippen LogP contribution in [-0.4, -0.2) is 56.0 Å². The molecule has 7 nitrogen and oxygen atoms in total. The van der Waals surface area contributed by atoms with Crippen molar-refractivity contribution < 1.29 is 14.3 Å². The number of carbonyl (C=O) groups is 2. The molecule has 9 heteroatoms. The minimum Gasteiger partial charge on any atom is -0.496 e. The molecule has 0 saturated carbocycles. The zero-order valence-electron chi connectivity index (χ0n) is 17.3. The van der Waals surface area contributed by atoms with Crippen molar-refractivity contribution in [3.05, 3.63) is 29.8 Å². The first-order valence-corrected chi connectivity index (χ1v) is 9.61. The minimum absolute atomic E-state index is 0. The molecule has 0 aliphatic carbocycles. The number of hydrogen-bond donors (Lipinski definition) is 3. The molecule has 166 valence electrons. The van der Waals surface area contributed by atoms with E-state index in [9.17, 15) is 9.59 Å². The topological polar surface area (TPSA) is 96.7 Å². The Morgan fingerprint density at radius 1 is 1.14 bits per heavy atom. The third kappa shape index (κ3) is 8.01. The minimum atomic E-state index is -0.608. The van der Waals surface area contributed by atoms with Crippen molar-refractivity contribution >= 4 is 36.6 Å². The van der Waals surface area contributed by atoms with E-state index < -0.39 is 6.04 Å². The quantitative estimate of drug-likeness (QED) is 0.535. The number of hydrogen-bond acceptors (Lipinski definition) is 5. The second-order valence-corrected chi connectivity index (χ2v) is 7.29. The van der Waals surface area contributed by atoms with Crippen LogP contribution in [0.25, 0.3) is 0 Å². The smallest absolute Gasteiger partial charge is 0.239 e. The zero-order chi connectivity index (χ0) is 19.8. The van der Waals surface area contributed by atoms with Crippen LogP contribution in [0.15, 0.2) is 24.3 Å². The first-order valence-electron chi connectivity index (χ1n) is 9.61. The summed E-state index contributed by atoms with van der Waals surface area (Å²) >= 11 is 0. The van der Waals surface area contributed by atoms with E-state index in [2.05, 4.69) is 15.5 Å². The standard InChI is InChI=1S/C20H32N4O3.2ClH/c1-14(2)19(21)20(26)23-13-18(25)22-12-16(24-10-6-7-11-24)15-8-4-5-9-17(15)27-3;;/h4-5,8-9,14,16,19H,6-7,10-13,21H2,1-3H3,(H,22,25)(H,23,26);2*1H/t16?,19-;;/m0../s1. The molecule has 4 N–H and O–H groups in total. The lowest BCUT2D eigenvalue weighted by atomic mass is 10.0. The molecule has 1 heterocycles. The van der Waals surface area contributed by atoms with Gasteiger partial charge in [0.1, 0.15) is 5.75 Å². The number of carbonyl (C=O) groups excluding carboxylic acids is 2. The molecule has 1 saturated heterocycles. The highest BCUT2D eigenvalue weighted by molar-refractivity contribution is 5.87. The summed E-state index contributed by atoms with van der Waals surface area (Å²) in [6.07, 6.45) is 2.31. The summed E-state index contributed by atoms with van der Waals surface area (Å²) in [5.74, 6) is 0.317. The maximum atomic E-state index is 12.2. The average molecular weight is 449 g/mol. The average Bonchev–Trinajstić information content (AvgIpc) is 3.20. The van der Waals surface area contributed by atoms with E-state index in [1.807, 2.05) is 38.1 Å². The first-order chi connectivity index (χ1) is 12.9. The van der Waals surface area contributed by atoms with Crippen LogP contribution in [0.2, 0.25) is 0 Å². The molecule has 0 spiro atoms. The number of likely N-dealkylation sites (tertiary alicyclic amines) is 1. The number of ether oxygens (including phenoxy) is 1. The van der Waals surface area contributed by atoms with E-state index in [0.717, 1.165) is 37.2 Å². The van der Waals surface area contributed by atoms with Crippen LogP contribution in [0.4, 0.5) is 0 Å². The van der Waals surface area contributed by atoms with E-state index >= 15 is 0 Å². The van der Waals surface area contributed by atoms with Crippen molar-refractivity contribution in [1.82, 2.24) is 15.5 Å². The molecule has 29 heavy (non-hydrogen) atoms. The molecule has 1 aromatic rings. The molecular weight excluding hydrogens is 415 g/mol. The van der Waals surface area contributed by atoms with Crippen molar-refractivity contribution in [2.24, 2.45) is 11.7 Å². The fourth-order valence-electron chi connectivity index (χ4n) is 3.29. The van der Waals surface area contributed by atoms with E-state index in [1.54, 1.807) is 7.11 Å². The van der Waals surface area contributed by atoms with Crippen LogP contribution in [0.5, 0.6) is 5.75 Å². The number of nitrogens with one attached hydrogen (secondary N) is 2. The molecule has 1 aliphatic rings. The van der Waals surface area contributed by atoms with Crippen LogP contribution >= 0.6 is 24.8 Å². The maximum absolute atomic E-state index is 12.2. The molecular formula is C20H34Cl2N4O3. The van der Waals surface area contributed by atoms with Gasteiger partial charge in [-0.1, -0.05) is 32.0 Å². The lowest BCUT2D eigenvalue weighted by Crippen LogP contribution is -2.48. The number of benzene rings is 1. The maximum Gasteiger partial charge on any atom is 0.239 e. The van der Waals surface area contributed by atoms with Gasteiger partial charge in [-0.05, 0) is 37.9 Å². The zero-order valence-corrected chi connectivity index (χ0v) is 19.0. The lowest BCUT2D eigenvalue weighted by molar-refractivity contribution is -0.127. The molecule has 0 bridgehead atoms. The van der Waals surface area contributed by atoms with Crippen molar-refractivity contribution in [3.63, 3.8) is 0 Å². The Labute approximate surface area is 185 Å². The summed E-state index contributed by atoms with van der Waals surface area (Å²) in [7, 11) is 1.66. The van der Waals surface area contributed by atoms with Gasteiger partial charge in [0.05, 0.1) is 25.7 Å². The van der Waals surface area contributed by atoms with Gasteiger partial charge in [0, 0.05) is 12.1 Å². The summed E-state index contributed by atoms with van der Waals surface area (Å²) in [4.78, 5) is 26.5. The molecule has 1 aliphatic heterocycles. The largest absolute Gasteiger partial charge is 0.496 e. The molecule has 1 unspecified atom stereocenters. The Morgan fingerprint density at radius 3 is 2.34 bits per heavy atom. The number of halogens is 2. The molecule has 1 aromatic carbocycles. The number of nitrogens with zero attached hydrogens (tertiary/aromatic N) is 1. The van der Waals surface area contributed by atoms with Crippen LogP contribution in [-0.2, 0) is 9.59 Å². The summed E-state index contributed by atoms with van der Waals surface area (Å²) in [6, 6.07) is 7.33. The second kappa shape index (κ2) is 13.6. The molecule has 2 atom stereocenters. The Morgan fingerprint density at radius 2 is 1.76 bits per heavy atom. The van der Waals surface area contributed by atoms with E-state index in [-0.39, 0.29) is 55.1 Å². The molecule has 2 amide bonds. The number of para-hydroxylation sites is 1. The van der Waals surface area contributed by atoms with Gasteiger partial charge in [0.25, 0.3) is 0 Å². The summed E-state index contributed by atoms with van der Waals surface area (Å²) < 4.78 is 5.51. The van der Waals surface area contributed by atoms with Crippen molar-refractivity contribution in [2.75, 3.05) is 33.3 Å². The third-order valence-electron chi connectivity index (χ3n) is 5.02. The first kappa shape index (κ1) is 27.5. The van der Waals surface area contributed by atoms with Crippen LogP contribution in [0.3, 0.4) is 0 Å².